The van der Waals surface area contributed by atoms with Gasteiger partial charge in [-0.05, 0) is 24.1 Å². The van der Waals surface area contributed by atoms with E-state index in [1.54, 1.807) is 24.7 Å². The number of carboxylic acid groups (broad SMARTS) is 1. The first kappa shape index (κ1) is 10.5. The smallest absolute Gasteiger partial charge is 0.320 e. The Hall–Kier alpha value is -2.01. The summed E-state index contributed by atoms with van der Waals surface area (Å²) in [5.74, 6) is -1.01. The van der Waals surface area contributed by atoms with Gasteiger partial charge >= 0.3 is 5.97 Å². The van der Waals surface area contributed by atoms with Crippen molar-refractivity contribution in [2.45, 2.75) is 12.5 Å². The molecule has 5 nitrogen and oxygen atoms in total. The first-order valence-electron chi connectivity index (χ1n) is 4.84. The average molecular weight is 217 g/mol. The standard InChI is InChI=1S/C11H11N3O2/c12-9(11(15)16)4-7-3-8-6-13-2-1-10(8)14-5-7/h1-3,5-6,9H,4,12H2,(H,15,16). The van der Waals surface area contributed by atoms with E-state index in [1.165, 1.54) is 0 Å². The first-order chi connectivity index (χ1) is 7.66. The van der Waals surface area contributed by atoms with Gasteiger partial charge in [0.05, 0.1) is 5.52 Å². The highest BCUT2D eigenvalue weighted by atomic mass is 16.4. The third kappa shape index (κ3) is 2.14. The minimum atomic E-state index is -1.01. The van der Waals surface area contributed by atoms with Crippen molar-refractivity contribution >= 4 is 16.9 Å². The molecule has 0 aliphatic rings. The number of nitrogens with zero attached hydrogens (tertiary/aromatic N) is 2. The van der Waals surface area contributed by atoms with Crippen LogP contribution in [0, 0.1) is 0 Å². The van der Waals surface area contributed by atoms with Gasteiger partial charge in [-0.1, -0.05) is 0 Å². The van der Waals surface area contributed by atoms with Crippen molar-refractivity contribution in [2.24, 2.45) is 5.73 Å². The molecule has 0 aliphatic carbocycles. The van der Waals surface area contributed by atoms with E-state index >= 15 is 0 Å². The fraction of sp³-hybridized carbons (Fsp3) is 0.182. The summed E-state index contributed by atoms with van der Waals surface area (Å²) in [5, 5.41) is 9.59. The highest BCUT2D eigenvalue weighted by molar-refractivity contribution is 5.78. The Labute approximate surface area is 91.9 Å². The van der Waals surface area contributed by atoms with E-state index < -0.39 is 12.0 Å². The van der Waals surface area contributed by atoms with Crippen molar-refractivity contribution < 1.29 is 9.90 Å². The second-order valence-corrected chi connectivity index (χ2v) is 3.56. The maximum Gasteiger partial charge on any atom is 0.320 e. The number of nitrogens with two attached hydrogens (primary N) is 1. The highest BCUT2D eigenvalue weighted by Gasteiger charge is 2.12. The normalized spacial score (nSPS) is 12.6. The number of rotatable bonds is 3. The molecule has 2 aromatic heterocycles. The third-order valence-electron chi connectivity index (χ3n) is 2.31. The number of hydrogen-bond acceptors (Lipinski definition) is 4. The number of hydrogen-bond donors (Lipinski definition) is 2. The molecule has 2 heterocycles. The van der Waals surface area contributed by atoms with Crippen molar-refractivity contribution in [3.63, 3.8) is 0 Å². The molecular formula is C11H11N3O2. The molecule has 2 aromatic rings. The number of carbonyl (C=O) groups is 1. The van der Waals surface area contributed by atoms with E-state index in [2.05, 4.69) is 9.97 Å². The fourth-order valence-corrected chi connectivity index (χ4v) is 1.47. The minimum absolute atomic E-state index is 0.271. The summed E-state index contributed by atoms with van der Waals surface area (Å²) in [7, 11) is 0. The number of carboxylic acids is 1. The Bertz CT molecular complexity index is 527. The molecule has 82 valence electrons. The van der Waals surface area contributed by atoms with Gasteiger partial charge in [0.15, 0.2) is 0 Å². The number of aromatic nitrogens is 2. The van der Waals surface area contributed by atoms with E-state index in [-0.39, 0.29) is 6.42 Å². The second kappa shape index (κ2) is 4.24. The third-order valence-corrected chi connectivity index (χ3v) is 2.31. The molecule has 2 rings (SSSR count). The SMILES string of the molecule is NC(Cc1cnc2ccncc2c1)C(=O)O. The van der Waals surface area contributed by atoms with E-state index in [9.17, 15) is 4.79 Å². The Balaban J connectivity index is 2.29. The van der Waals surface area contributed by atoms with Crippen LogP contribution in [0.15, 0.2) is 30.7 Å². The monoisotopic (exact) mass is 217 g/mol. The molecule has 0 aromatic carbocycles. The van der Waals surface area contributed by atoms with Crippen LogP contribution in [-0.2, 0) is 11.2 Å². The van der Waals surface area contributed by atoms with Crippen LogP contribution in [0.5, 0.6) is 0 Å². The topological polar surface area (TPSA) is 89.1 Å². The fourth-order valence-electron chi connectivity index (χ4n) is 1.47. The van der Waals surface area contributed by atoms with Gasteiger partial charge in [-0.15, -0.1) is 0 Å². The summed E-state index contributed by atoms with van der Waals surface area (Å²) >= 11 is 0. The largest absolute Gasteiger partial charge is 0.480 e. The molecule has 0 amide bonds. The molecule has 3 N–H and O–H groups in total. The van der Waals surface area contributed by atoms with Gasteiger partial charge in [-0.3, -0.25) is 14.8 Å². The predicted octanol–water partition coefficient (Wildman–Crippen LogP) is 0.584. The molecule has 0 spiro atoms. The number of aliphatic carboxylic acids is 1. The molecule has 0 radical (unpaired) electrons. The van der Waals surface area contributed by atoms with Gasteiger partial charge in [0, 0.05) is 24.0 Å². The van der Waals surface area contributed by atoms with Crippen LogP contribution in [-0.4, -0.2) is 27.1 Å². The molecule has 1 unspecified atom stereocenters. The Morgan fingerprint density at radius 2 is 2.31 bits per heavy atom. The Morgan fingerprint density at radius 1 is 1.50 bits per heavy atom. The molecule has 0 saturated carbocycles. The Kier molecular flexibility index (Phi) is 2.78. The van der Waals surface area contributed by atoms with Gasteiger partial charge in [-0.25, -0.2) is 0 Å². The van der Waals surface area contributed by atoms with Crippen LogP contribution in [0.3, 0.4) is 0 Å². The van der Waals surface area contributed by atoms with Crippen LogP contribution in [0.25, 0.3) is 10.9 Å². The molecule has 0 bridgehead atoms. The van der Waals surface area contributed by atoms with Gasteiger partial charge in [0.25, 0.3) is 0 Å². The van der Waals surface area contributed by atoms with Crippen molar-refractivity contribution in [2.75, 3.05) is 0 Å². The summed E-state index contributed by atoms with van der Waals surface area (Å²) in [6.07, 6.45) is 5.27. The summed E-state index contributed by atoms with van der Waals surface area (Å²) in [6.45, 7) is 0. The van der Waals surface area contributed by atoms with Crippen molar-refractivity contribution in [3.8, 4) is 0 Å². The molecule has 0 fully saturated rings. The summed E-state index contributed by atoms with van der Waals surface area (Å²) in [6, 6.07) is 2.77. The zero-order valence-electron chi connectivity index (χ0n) is 8.50. The first-order valence-corrected chi connectivity index (χ1v) is 4.84. The molecule has 0 aliphatic heterocycles. The van der Waals surface area contributed by atoms with Gasteiger partial charge in [-0.2, -0.15) is 0 Å². The molecule has 16 heavy (non-hydrogen) atoms. The highest BCUT2D eigenvalue weighted by Crippen LogP contribution is 2.12. The van der Waals surface area contributed by atoms with Gasteiger partial charge < -0.3 is 10.8 Å². The lowest BCUT2D eigenvalue weighted by molar-refractivity contribution is -0.138. The second-order valence-electron chi connectivity index (χ2n) is 3.56. The lowest BCUT2D eigenvalue weighted by Gasteiger charge is -2.06. The van der Waals surface area contributed by atoms with Gasteiger partial charge in [0.1, 0.15) is 6.04 Å². The summed E-state index contributed by atoms with van der Waals surface area (Å²) in [5.41, 5.74) is 7.09. The Morgan fingerprint density at radius 3 is 3.06 bits per heavy atom. The molecular weight excluding hydrogens is 206 g/mol. The maximum atomic E-state index is 10.6. The molecule has 1 atom stereocenters. The van der Waals surface area contributed by atoms with Crippen LogP contribution in [0.2, 0.25) is 0 Å². The predicted molar refractivity (Wildman–Crippen MR) is 58.9 cm³/mol. The van der Waals surface area contributed by atoms with Crippen molar-refractivity contribution in [3.05, 3.63) is 36.3 Å². The van der Waals surface area contributed by atoms with Crippen LogP contribution >= 0.6 is 0 Å². The van der Waals surface area contributed by atoms with Crippen LogP contribution < -0.4 is 5.73 Å². The number of fused-ring (bicyclic) bond motifs is 1. The van der Waals surface area contributed by atoms with Gasteiger partial charge in [0.2, 0.25) is 0 Å². The van der Waals surface area contributed by atoms with E-state index in [0.717, 1.165) is 16.5 Å². The zero-order chi connectivity index (χ0) is 11.5. The quantitative estimate of drug-likeness (QED) is 0.785. The van der Waals surface area contributed by atoms with Crippen molar-refractivity contribution in [1.29, 1.82) is 0 Å². The zero-order valence-corrected chi connectivity index (χ0v) is 8.50. The van der Waals surface area contributed by atoms with Crippen LogP contribution in [0.4, 0.5) is 0 Å². The summed E-state index contributed by atoms with van der Waals surface area (Å²) < 4.78 is 0. The average Bonchev–Trinajstić information content (AvgIpc) is 2.28. The van der Waals surface area contributed by atoms with E-state index in [1.807, 2.05) is 6.07 Å². The minimum Gasteiger partial charge on any atom is -0.480 e. The summed E-state index contributed by atoms with van der Waals surface area (Å²) in [4.78, 5) is 18.8. The van der Waals surface area contributed by atoms with Crippen LogP contribution in [0.1, 0.15) is 5.56 Å². The molecule has 0 saturated heterocycles. The maximum absolute atomic E-state index is 10.6. The lowest BCUT2D eigenvalue weighted by atomic mass is 10.1. The lowest BCUT2D eigenvalue weighted by Crippen LogP contribution is -2.32. The molecule has 5 heteroatoms. The van der Waals surface area contributed by atoms with E-state index in [4.69, 9.17) is 10.8 Å². The van der Waals surface area contributed by atoms with E-state index in [0.29, 0.717) is 0 Å². The number of pyridine rings is 2. The van der Waals surface area contributed by atoms with Crippen molar-refractivity contribution in [1.82, 2.24) is 9.97 Å².